The van der Waals surface area contributed by atoms with Gasteiger partial charge in [-0.15, -0.1) is 11.3 Å². The van der Waals surface area contributed by atoms with Crippen LogP contribution in [-0.2, 0) is 16.4 Å². The first kappa shape index (κ1) is 16.2. The third-order valence-corrected chi connectivity index (χ3v) is 6.98. The summed E-state index contributed by atoms with van der Waals surface area (Å²) in [5.41, 5.74) is 1.72. The summed E-state index contributed by atoms with van der Waals surface area (Å²) in [4.78, 5) is 0.976. The molecule has 0 aliphatic rings. The van der Waals surface area contributed by atoms with Crippen LogP contribution in [0.3, 0.4) is 0 Å². The molecule has 2 heterocycles. The smallest absolute Gasteiger partial charge is 0.273 e. The molecule has 5 nitrogen and oxygen atoms in total. The van der Waals surface area contributed by atoms with Gasteiger partial charge in [0.2, 0.25) is 0 Å². The van der Waals surface area contributed by atoms with Crippen LogP contribution in [0, 0.1) is 6.92 Å². The van der Waals surface area contributed by atoms with Crippen LogP contribution in [0.25, 0.3) is 0 Å². The molecule has 3 rings (SSSR count). The van der Waals surface area contributed by atoms with Crippen molar-refractivity contribution in [2.24, 2.45) is 0 Å². The summed E-state index contributed by atoms with van der Waals surface area (Å²) >= 11 is 4.48. The van der Waals surface area contributed by atoms with Gasteiger partial charge in [0.1, 0.15) is 8.68 Å². The Morgan fingerprint density at radius 3 is 2.61 bits per heavy atom. The quantitative estimate of drug-likeness (QED) is 0.681. The monoisotopic (exact) mass is 412 g/mol. The number of nitrogens with zero attached hydrogens (tertiary/aromatic N) is 1. The first-order chi connectivity index (χ1) is 11.0. The molecule has 3 aromatic rings. The first-order valence-electron chi connectivity index (χ1n) is 6.73. The first-order valence-corrected chi connectivity index (χ1v) is 9.82. The van der Waals surface area contributed by atoms with Crippen molar-refractivity contribution in [1.29, 1.82) is 0 Å². The summed E-state index contributed by atoms with van der Waals surface area (Å²) in [5, 5.41) is 3.71. The standard InChI is InChI=1S/C15H13BrN2O3S2/c1-10-14(16)15(21-17-10)18-23(19,20)13-8-7-12(22-13)9-11-5-3-2-4-6-11/h2-8,18H,9H2,1H3. The van der Waals surface area contributed by atoms with E-state index in [1.165, 1.54) is 11.3 Å². The molecular formula is C15H13BrN2O3S2. The van der Waals surface area contributed by atoms with Crippen LogP contribution in [0.15, 0.2) is 55.7 Å². The van der Waals surface area contributed by atoms with Gasteiger partial charge in [0.05, 0.1) is 5.69 Å². The largest absolute Gasteiger partial charge is 0.336 e. The van der Waals surface area contributed by atoms with Crippen molar-refractivity contribution in [2.75, 3.05) is 4.72 Å². The number of thiophene rings is 1. The Kier molecular flexibility index (Phi) is 4.56. The van der Waals surface area contributed by atoms with E-state index in [1.54, 1.807) is 13.0 Å². The highest BCUT2D eigenvalue weighted by Crippen LogP contribution is 2.30. The molecule has 8 heteroatoms. The minimum Gasteiger partial charge on any atom is -0.336 e. The Morgan fingerprint density at radius 2 is 1.96 bits per heavy atom. The molecule has 0 spiro atoms. The van der Waals surface area contributed by atoms with Gasteiger partial charge in [-0.3, -0.25) is 0 Å². The van der Waals surface area contributed by atoms with Crippen molar-refractivity contribution in [1.82, 2.24) is 5.16 Å². The molecule has 0 aliphatic carbocycles. The van der Waals surface area contributed by atoms with Gasteiger partial charge in [-0.1, -0.05) is 35.5 Å². The Hall–Kier alpha value is -1.64. The lowest BCUT2D eigenvalue weighted by molar-refractivity contribution is 0.430. The van der Waals surface area contributed by atoms with Crippen molar-refractivity contribution < 1.29 is 12.9 Å². The number of rotatable bonds is 5. The minimum atomic E-state index is -3.69. The summed E-state index contributed by atoms with van der Waals surface area (Å²) in [6.07, 6.45) is 0.701. The molecule has 0 saturated heterocycles. The van der Waals surface area contributed by atoms with E-state index in [0.29, 0.717) is 16.6 Å². The average molecular weight is 413 g/mol. The molecule has 0 atom stereocenters. The summed E-state index contributed by atoms with van der Waals surface area (Å²) in [6, 6.07) is 13.3. The Morgan fingerprint density at radius 1 is 1.22 bits per heavy atom. The minimum absolute atomic E-state index is 0.0838. The van der Waals surface area contributed by atoms with Crippen molar-refractivity contribution >= 4 is 43.2 Å². The number of benzene rings is 1. The molecule has 0 unspecified atom stereocenters. The van der Waals surface area contributed by atoms with Gasteiger partial charge >= 0.3 is 0 Å². The van der Waals surface area contributed by atoms with Gasteiger partial charge in [0, 0.05) is 11.3 Å². The fourth-order valence-electron chi connectivity index (χ4n) is 1.99. The van der Waals surface area contributed by atoms with Crippen LogP contribution in [0.5, 0.6) is 0 Å². The lowest BCUT2D eigenvalue weighted by atomic mass is 10.1. The van der Waals surface area contributed by atoms with Crippen LogP contribution in [-0.4, -0.2) is 13.6 Å². The zero-order valence-electron chi connectivity index (χ0n) is 12.1. The molecule has 0 saturated carbocycles. The molecule has 120 valence electrons. The highest BCUT2D eigenvalue weighted by atomic mass is 79.9. The highest BCUT2D eigenvalue weighted by Gasteiger charge is 2.21. The summed E-state index contributed by atoms with van der Waals surface area (Å²) in [7, 11) is -3.69. The number of aryl methyl sites for hydroxylation is 1. The van der Waals surface area contributed by atoms with E-state index in [2.05, 4.69) is 25.8 Å². The lowest BCUT2D eigenvalue weighted by Crippen LogP contribution is -2.11. The summed E-state index contributed by atoms with van der Waals surface area (Å²) in [6.45, 7) is 1.72. The topological polar surface area (TPSA) is 72.2 Å². The van der Waals surface area contributed by atoms with Crippen molar-refractivity contribution in [2.45, 2.75) is 17.6 Å². The van der Waals surface area contributed by atoms with E-state index >= 15 is 0 Å². The van der Waals surface area contributed by atoms with E-state index in [1.807, 2.05) is 36.4 Å². The third kappa shape index (κ3) is 3.65. The number of sulfonamides is 1. The predicted molar refractivity (Wildman–Crippen MR) is 93.3 cm³/mol. The van der Waals surface area contributed by atoms with Crippen molar-refractivity contribution in [3.05, 3.63) is 63.1 Å². The summed E-state index contributed by atoms with van der Waals surface area (Å²) in [5.74, 6) is 0.0838. The predicted octanol–water partition coefficient (Wildman–Crippen LogP) is 4.20. The van der Waals surface area contributed by atoms with Crippen LogP contribution >= 0.6 is 27.3 Å². The van der Waals surface area contributed by atoms with Crippen LogP contribution < -0.4 is 4.72 Å². The Bertz CT molecular complexity index is 917. The maximum Gasteiger partial charge on any atom is 0.273 e. The maximum absolute atomic E-state index is 12.4. The van der Waals surface area contributed by atoms with E-state index in [4.69, 9.17) is 4.52 Å². The van der Waals surface area contributed by atoms with Gasteiger partial charge in [0.25, 0.3) is 15.9 Å². The van der Waals surface area contributed by atoms with E-state index in [0.717, 1.165) is 10.4 Å². The molecule has 0 fully saturated rings. The van der Waals surface area contributed by atoms with Crippen LogP contribution in [0.1, 0.15) is 16.1 Å². The van der Waals surface area contributed by atoms with Gasteiger partial charge in [-0.05, 0) is 40.5 Å². The Labute approximate surface area is 146 Å². The van der Waals surface area contributed by atoms with Crippen molar-refractivity contribution in [3.63, 3.8) is 0 Å². The SMILES string of the molecule is Cc1noc(NS(=O)(=O)c2ccc(Cc3ccccc3)s2)c1Br. The molecular weight excluding hydrogens is 400 g/mol. The van der Waals surface area contributed by atoms with E-state index in [9.17, 15) is 8.42 Å². The molecule has 2 aromatic heterocycles. The van der Waals surface area contributed by atoms with Crippen LogP contribution in [0.4, 0.5) is 5.88 Å². The van der Waals surface area contributed by atoms with Gasteiger partial charge in [-0.25, -0.2) is 13.1 Å². The average Bonchev–Trinajstić information content (AvgIpc) is 3.11. The third-order valence-electron chi connectivity index (χ3n) is 3.14. The molecule has 0 amide bonds. The van der Waals surface area contributed by atoms with Gasteiger partial charge < -0.3 is 4.52 Å². The molecule has 1 N–H and O–H groups in total. The molecule has 0 bridgehead atoms. The number of hydrogen-bond acceptors (Lipinski definition) is 5. The number of anilines is 1. The Balaban J connectivity index is 1.80. The maximum atomic E-state index is 12.4. The number of aromatic nitrogens is 1. The fraction of sp³-hybridized carbons (Fsp3) is 0.133. The zero-order valence-corrected chi connectivity index (χ0v) is 15.3. The number of halogens is 1. The fourth-order valence-corrected chi connectivity index (χ4v) is 4.75. The van der Waals surface area contributed by atoms with Gasteiger partial charge in [-0.2, -0.15) is 0 Å². The van der Waals surface area contributed by atoms with E-state index in [-0.39, 0.29) is 10.1 Å². The zero-order chi connectivity index (χ0) is 16.4. The number of hydrogen-bond donors (Lipinski definition) is 1. The lowest BCUT2D eigenvalue weighted by Gasteiger charge is -2.02. The second-order valence-corrected chi connectivity index (χ2v) is 8.77. The second kappa shape index (κ2) is 6.46. The van der Waals surface area contributed by atoms with E-state index < -0.39 is 10.0 Å². The molecule has 23 heavy (non-hydrogen) atoms. The van der Waals surface area contributed by atoms with Crippen LogP contribution in [0.2, 0.25) is 0 Å². The van der Waals surface area contributed by atoms with Gasteiger partial charge in [0.15, 0.2) is 0 Å². The molecule has 0 aliphatic heterocycles. The molecule has 0 radical (unpaired) electrons. The molecule has 1 aromatic carbocycles. The highest BCUT2D eigenvalue weighted by molar-refractivity contribution is 9.10. The number of nitrogens with one attached hydrogen (secondary N) is 1. The normalized spacial score (nSPS) is 11.6. The second-order valence-electron chi connectivity index (χ2n) is 4.90. The summed E-state index contributed by atoms with van der Waals surface area (Å²) < 4.78 is 33.0. The van der Waals surface area contributed by atoms with Crippen molar-refractivity contribution in [3.8, 4) is 0 Å².